The molecular formula is C9H16N2OS. The van der Waals surface area contributed by atoms with Gasteiger partial charge in [-0.05, 0) is 6.92 Å². The molecular weight excluding hydrogens is 184 g/mol. The molecule has 0 radical (unpaired) electrons. The Morgan fingerprint density at radius 1 is 1.77 bits per heavy atom. The van der Waals surface area contributed by atoms with Crippen LogP contribution < -0.4 is 5.73 Å². The third kappa shape index (κ3) is 2.49. The highest BCUT2D eigenvalue weighted by atomic mass is 32.1. The summed E-state index contributed by atoms with van der Waals surface area (Å²) < 4.78 is 0. The zero-order chi connectivity index (χ0) is 9.90. The number of aromatic nitrogens is 1. The Bertz CT molecular complexity index is 248. The van der Waals surface area contributed by atoms with Crippen molar-refractivity contribution in [3.8, 4) is 0 Å². The van der Waals surface area contributed by atoms with Gasteiger partial charge in [0.25, 0.3) is 0 Å². The Morgan fingerprint density at radius 2 is 2.46 bits per heavy atom. The minimum absolute atomic E-state index is 0.252. The van der Waals surface area contributed by atoms with Gasteiger partial charge in [-0.1, -0.05) is 6.92 Å². The van der Waals surface area contributed by atoms with Gasteiger partial charge in [0.05, 0.1) is 11.1 Å². The third-order valence-electron chi connectivity index (χ3n) is 2.51. The van der Waals surface area contributed by atoms with Crippen molar-refractivity contribution in [2.24, 2.45) is 11.1 Å². The number of rotatable bonds is 4. The van der Waals surface area contributed by atoms with Gasteiger partial charge >= 0.3 is 0 Å². The predicted molar refractivity (Wildman–Crippen MR) is 54.7 cm³/mol. The topological polar surface area (TPSA) is 59.1 Å². The maximum atomic E-state index is 9.57. The third-order valence-corrected chi connectivity index (χ3v) is 3.29. The predicted octanol–water partition coefficient (Wildman–Crippen LogP) is 1.03. The first-order valence-corrected chi connectivity index (χ1v) is 5.23. The molecule has 2 atom stereocenters. The molecule has 0 bridgehead atoms. The highest BCUT2D eigenvalue weighted by Crippen LogP contribution is 2.26. The molecule has 0 aliphatic heterocycles. The molecule has 1 aromatic rings. The van der Waals surface area contributed by atoms with E-state index in [0.717, 1.165) is 11.4 Å². The Balaban J connectivity index is 2.69. The maximum absolute atomic E-state index is 9.57. The molecule has 1 rings (SSSR count). The lowest BCUT2D eigenvalue weighted by Gasteiger charge is -2.30. The molecule has 3 N–H and O–H groups in total. The molecule has 0 aromatic carbocycles. The lowest BCUT2D eigenvalue weighted by Crippen LogP contribution is -2.39. The molecule has 1 heterocycles. The fourth-order valence-electron chi connectivity index (χ4n) is 1.08. The summed E-state index contributed by atoms with van der Waals surface area (Å²) in [6.07, 6.45) is 2.12. The Kier molecular flexibility index (Phi) is 3.41. The molecule has 0 saturated heterocycles. The number of thiazole rings is 1. The summed E-state index contributed by atoms with van der Waals surface area (Å²) >= 11 is 1.60. The first-order valence-electron chi connectivity index (χ1n) is 4.35. The first-order chi connectivity index (χ1) is 6.08. The van der Waals surface area contributed by atoms with Gasteiger partial charge < -0.3 is 10.8 Å². The van der Waals surface area contributed by atoms with E-state index in [4.69, 9.17) is 5.73 Å². The number of nitrogens with two attached hydrogens (primary N) is 1. The van der Waals surface area contributed by atoms with E-state index < -0.39 is 6.10 Å². The van der Waals surface area contributed by atoms with Crippen molar-refractivity contribution in [3.63, 3.8) is 0 Å². The number of nitrogens with zero attached hydrogens (tertiary/aromatic N) is 1. The van der Waals surface area contributed by atoms with Crippen molar-refractivity contribution < 1.29 is 5.11 Å². The van der Waals surface area contributed by atoms with Crippen molar-refractivity contribution in [3.05, 3.63) is 16.6 Å². The summed E-state index contributed by atoms with van der Waals surface area (Å²) in [5.41, 5.74) is 5.39. The van der Waals surface area contributed by atoms with Crippen LogP contribution >= 0.6 is 11.3 Å². The molecule has 1 aromatic heterocycles. The minimum Gasteiger partial charge on any atom is -0.393 e. The van der Waals surface area contributed by atoms with E-state index in [9.17, 15) is 5.11 Å². The lowest BCUT2D eigenvalue weighted by atomic mass is 9.82. The average molecular weight is 200 g/mol. The van der Waals surface area contributed by atoms with Crippen LogP contribution in [0.1, 0.15) is 18.9 Å². The average Bonchev–Trinajstić information content (AvgIpc) is 2.56. The van der Waals surface area contributed by atoms with Gasteiger partial charge in [-0.2, -0.15) is 0 Å². The van der Waals surface area contributed by atoms with Crippen LogP contribution in [0, 0.1) is 5.41 Å². The van der Waals surface area contributed by atoms with E-state index in [2.05, 4.69) is 4.98 Å². The second-order valence-electron chi connectivity index (χ2n) is 3.64. The van der Waals surface area contributed by atoms with Gasteiger partial charge in [0.15, 0.2) is 0 Å². The summed E-state index contributed by atoms with van der Waals surface area (Å²) in [7, 11) is 0. The van der Waals surface area contributed by atoms with Gasteiger partial charge in [-0.15, -0.1) is 11.3 Å². The molecule has 74 valence electrons. The van der Waals surface area contributed by atoms with E-state index in [0.29, 0.717) is 6.54 Å². The normalized spacial score (nSPS) is 18.2. The van der Waals surface area contributed by atoms with E-state index in [1.54, 1.807) is 24.5 Å². The Hall–Kier alpha value is -0.450. The number of aliphatic hydroxyl groups is 1. The summed E-state index contributed by atoms with van der Waals surface area (Å²) in [5.74, 6) is 0. The molecule has 0 saturated carbocycles. The van der Waals surface area contributed by atoms with E-state index >= 15 is 0 Å². The quantitative estimate of drug-likeness (QED) is 0.763. The molecule has 2 unspecified atom stereocenters. The summed E-state index contributed by atoms with van der Waals surface area (Å²) in [5, 5.41) is 12.5. The maximum Gasteiger partial charge on any atom is 0.0931 e. The van der Waals surface area contributed by atoms with E-state index in [1.807, 2.05) is 12.3 Å². The highest BCUT2D eigenvalue weighted by Gasteiger charge is 2.29. The van der Waals surface area contributed by atoms with Crippen molar-refractivity contribution in [2.45, 2.75) is 26.4 Å². The summed E-state index contributed by atoms with van der Waals surface area (Å²) in [4.78, 5) is 4.18. The SMILES string of the molecule is CC(O)C(C)(CN)Cc1nccs1. The molecule has 0 spiro atoms. The van der Waals surface area contributed by atoms with Gasteiger partial charge in [0.2, 0.25) is 0 Å². The van der Waals surface area contributed by atoms with Crippen LogP contribution in [0.5, 0.6) is 0 Å². The molecule has 3 nitrogen and oxygen atoms in total. The fraction of sp³-hybridized carbons (Fsp3) is 0.667. The summed E-state index contributed by atoms with van der Waals surface area (Å²) in [6.45, 7) is 4.24. The van der Waals surface area contributed by atoms with Gasteiger partial charge in [0.1, 0.15) is 0 Å². The first kappa shape index (κ1) is 10.6. The van der Waals surface area contributed by atoms with Crippen LogP contribution in [-0.4, -0.2) is 22.7 Å². The molecule has 13 heavy (non-hydrogen) atoms. The second-order valence-corrected chi connectivity index (χ2v) is 4.62. The number of hydrogen-bond donors (Lipinski definition) is 2. The monoisotopic (exact) mass is 200 g/mol. The smallest absolute Gasteiger partial charge is 0.0931 e. The van der Waals surface area contributed by atoms with Crippen molar-refractivity contribution in [1.82, 2.24) is 4.98 Å². The molecule has 4 heteroatoms. The van der Waals surface area contributed by atoms with Crippen LogP contribution in [0.15, 0.2) is 11.6 Å². The van der Waals surface area contributed by atoms with Crippen LogP contribution in [-0.2, 0) is 6.42 Å². The number of aliphatic hydroxyl groups excluding tert-OH is 1. The molecule has 0 amide bonds. The lowest BCUT2D eigenvalue weighted by molar-refractivity contribution is 0.0588. The van der Waals surface area contributed by atoms with Crippen LogP contribution in [0.3, 0.4) is 0 Å². The van der Waals surface area contributed by atoms with Crippen molar-refractivity contribution >= 4 is 11.3 Å². The molecule has 0 aliphatic rings. The zero-order valence-electron chi connectivity index (χ0n) is 8.03. The van der Waals surface area contributed by atoms with Gasteiger partial charge in [-0.25, -0.2) is 4.98 Å². The van der Waals surface area contributed by atoms with E-state index in [1.165, 1.54) is 0 Å². The Morgan fingerprint density at radius 3 is 2.85 bits per heavy atom. The number of hydrogen-bond acceptors (Lipinski definition) is 4. The van der Waals surface area contributed by atoms with Gasteiger partial charge in [-0.3, -0.25) is 0 Å². The van der Waals surface area contributed by atoms with E-state index in [-0.39, 0.29) is 5.41 Å². The van der Waals surface area contributed by atoms with Crippen molar-refractivity contribution in [1.29, 1.82) is 0 Å². The van der Waals surface area contributed by atoms with Crippen LogP contribution in [0.4, 0.5) is 0 Å². The Labute approximate surface area is 82.6 Å². The fourth-order valence-corrected chi connectivity index (χ4v) is 1.89. The zero-order valence-corrected chi connectivity index (χ0v) is 8.84. The van der Waals surface area contributed by atoms with Crippen LogP contribution in [0.2, 0.25) is 0 Å². The highest BCUT2D eigenvalue weighted by molar-refractivity contribution is 7.09. The largest absolute Gasteiger partial charge is 0.393 e. The summed E-state index contributed by atoms with van der Waals surface area (Å²) in [6, 6.07) is 0. The van der Waals surface area contributed by atoms with Crippen LogP contribution in [0.25, 0.3) is 0 Å². The van der Waals surface area contributed by atoms with Crippen molar-refractivity contribution in [2.75, 3.05) is 6.54 Å². The molecule has 0 aliphatic carbocycles. The minimum atomic E-state index is -0.401. The molecule has 0 fully saturated rings. The standard InChI is InChI=1S/C9H16N2OS/c1-7(12)9(2,6-10)5-8-11-3-4-13-8/h3-4,7,12H,5-6,10H2,1-2H3. The second kappa shape index (κ2) is 4.17. The van der Waals surface area contributed by atoms with Gasteiger partial charge in [0, 0.05) is 30.0 Å².